The number of hydrogen-bond acceptors (Lipinski definition) is 3. The third kappa shape index (κ3) is 6.06. The Bertz CT molecular complexity index is 695. The number of carbonyl (C=O) groups is 1. The van der Waals surface area contributed by atoms with Crippen molar-refractivity contribution in [2.24, 2.45) is 4.99 Å². The molecule has 160 valence electrons. The van der Waals surface area contributed by atoms with Crippen molar-refractivity contribution in [3.8, 4) is 0 Å². The van der Waals surface area contributed by atoms with Gasteiger partial charge in [0.1, 0.15) is 5.82 Å². The van der Waals surface area contributed by atoms with E-state index in [1.807, 2.05) is 11.8 Å². The van der Waals surface area contributed by atoms with Crippen LogP contribution in [0.5, 0.6) is 0 Å². The lowest BCUT2D eigenvalue weighted by Gasteiger charge is -2.36. The van der Waals surface area contributed by atoms with Crippen molar-refractivity contribution in [3.63, 3.8) is 0 Å². The van der Waals surface area contributed by atoms with Crippen LogP contribution in [0.15, 0.2) is 23.2 Å². The number of carbonyl (C=O) groups excluding carboxylic acids is 1. The molecule has 0 bridgehead atoms. The summed E-state index contributed by atoms with van der Waals surface area (Å²) in [4.78, 5) is 23.4. The summed E-state index contributed by atoms with van der Waals surface area (Å²) < 4.78 is 13.9. The van der Waals surface area contributed by atoms with Crippen LogP contribution >= 0.6 is 11.6 Å². The van der Waals surface area contributed by atoms with E-state index < -0.39 is 0 Å². The van der Waals surface area contributed by atoms with Gasteiger partial charge in [-0.25, -0.2) is 4.39 Å². The van der Waals surface area contributed by atoms with E-state index in [9.17, 15) is 9.18 Å². The van der Waals surface area contributed by atoms with Gasteiger partial charge in [-0.1, -0.05) is 17.7 Å². The molecule has 2 saturated heterocycles. The largest absolute Gasteiger partial charge is 0.357 e. The van der Waals surface area contributed by atoms with Gasteiger partial charge < -0.3 is 15.1 Å². The first-order valence-corrected chi connectivity index (χ1v) is 10.9. The number of guanidine groups is 1. The minimum absolute atomic E-state index is 0.248. The number of nitrogens with one attached hydrogen (secondary N) is 1. The number of rotatable bonds is 6. The second kappa shape index (κ2) is 10.8. The van der Waals surface area contributed by atoms with Crippen molar-refractivity contribution in [1.82, 2.24) is 20.0 Å². The second-order valence-electron chi connectivity index (χ2n) is 7.54. The van der Waals surface area contributed by atoms with Crippen LogP contribution in [0.3, 0.4) is 0 Å². The van der Waals surface area contributed by atoms with Gasteiger partial charge in [0.2, 0.25) is 5.91 Å². The first kappa shape index (κ1) is 21.8. The summed E-state index contributed by atoms with van der Waals surface area (Å²) in [6.45, 7) is 8.90. The van der Waals surface area contributed by atoms with Crippen LogP contribution in [0.25, 0.3) is 0 Å². The highest BCUT2D eigenvalue weighted by Gasteiger charge is 2.24. The molecule has 1 N–H and O–H groups in total. The maximum absolute atomic E-state index is 13.9. The molecule has 2 aliphatic rings. The Morgan fingerprint density at radius 2 is 1.86 bits per heavy atom. The third-order valence-electron chi connectivity index (χ3n) is 5.51. The Hall–Kier alpha value is -1.86. The van der Waals surface area contributed by atoms with E-state index in [0.717, 1.165) is 64.6 Å². The fourth-order valence-electron chi connectivity index (χ4n) is 3.85. The summed E-state index contributed by atoms with van der Waals surface area (Å²) in [5.41, 5.74) is 0.513. The minimum Gasteiger partial charge on any atom is -0.357 e. The van der Waals surface area contributed by atoms with Crippen LogP contribution in [0.4, 0.5) is 4.39 Å². The van der Waals surface area contributed by atoms with Gasteiger partial charge in [0.15, 0.2) is 5.96 Å². The van der Waals surface area contributed by atoms with Gasteiger partial charge in [0.25, 0.3) is 0 Å². The molecule has 0 aliphatic carbocycles. The first-order chi connectivity index (χ1) is 14.1. The van der Waals surface area contributed by atoms with E-state index in [2.05, 4.69) is 20.1 Å². The summed E-state index contributed by atoms with van der Waals surface area (Å²) in [5.74, 6) is 0.803. The summed E-state index contributed by atoms with van der Waals surface area (Å²) in [5, 5.41) is 3.77. The zero-order valence-electron chi connectivity index (χ0n) is 17.2. The summed E-state index contributed by atoms with van der Waals surface area (Å²) >= 11 is 6.11. The van der Waals surface area contributed by atoms with Gasteiger partial charge in [-0.05, 0) is 38.3 Å². The molecule has 1 amide bonds. The topological polar surface area (TPSA) is 51.2 Å². The molecule has 0 unspecified atom stereocenters. The molecule has 0 atom stereocenters. The van der Waals surface area contributed by atoms with E-state index in [0.29, 0.717) is 30.1 Å². The van der Waals surface area contributed by atoms with Crippen LogP contribution in [-0.4, -0.2) is 85.5 Å². The Labute approximate surface area is 177 Å². The third-order valence-corrected chi connectivity index (χ3v) is 5.86. The molecule has 0 aromatic heterocycles. The molecule has 8 heteroatoms. The lowest BCUT2D eigenvalue weighted by molar-refractivity contribution is -0.131. The van der Waals surface area contributed by atoms with Crippen molar-refractivity contribution in [2.75, 3.05) is 58.9 Å². The molecule has 2 fully saturated rings. The van der Waals surface area contributed by atoms with Crippen LogP contribution in [0, 0.1) is 5.82 Å². The maximum atomic E-state index is 13.9. The van der Waals surface area contributed by atoms with Crippen LogP contribution in [0.1, 0.15) is 25.3 Å². The van der Waals surface area contributed by atoms with Crippen LogP contribution in [0.2, 0.25) is 5.02 Å². The van der Waals surface area contributed by atoms with Gasteiger partial charge in [0, 0.05) is 62.9 Å². The summed E-state index contributed by atoms with van der Waals surface area (Å²) in [6, 6.07) is 4.75. The highest BCUT2D eigenvalue weighted by atomic mass is 35.5. The lowest BCUT2D eigenvalue weighted by atomic mass is 10.1. The van der Waals surface area contributed by atoms with Gasteiger partial charge in [-0.2, -0.15) is 0 Å². The molecule has 1 aromatic rings. The van der Waals surface area contributed by atoms with Crippen molar-refractivity contribution in [2.45, 2.75) is 26.2 Å². The van der Waals surface area contributed by atoms with Crippen LogP contribution < -0.4 is 5.32 Å². The summed E-state index contributed by atoms with van der Waals surface area (Å²) in [6.07, 6.45) is 2.71. The minimum atomic E-state index is -0.283. The van der Waals surface area contributed by atoms with E-state index in [1.54, 1.807) is 12.1 Å². The van der Waals surface area contributed by atoms with Gasteiger partial charge >= 0.3 is 0 Å². The quantitative estimate of drug-likeness (QED) is 0.563. The molecule has 2 aliphatic heterocycles. The predicted molar refractivity (Wildman–Crippen MR) is 115 cm³/mol. The normalized spacial score (nSPS) is 18.4. The maximum Gasteiger partial charge on any atom is 0.236 e. The monoisotopic (exact) mass is 423 g/mol. The molecule has 2 heterocycles. The molecule has 1 aromatic carbocycles. The van der Waals surface area contributed by atoms with Crippen molar-refractivity contribution in [1.29, 1.82) is 0 Å². The Morgan fingerprint density at radius 3 is 2.52 bits per heavy atom. The number of hydrogen-bond donors (Lipinski definition) is 1. The van der Waals surface area contributed by atoms with Gasteiger partial charge in [0.05, 0.1) is 6.54 Å². The Morgan fingerprint density at radius 1 is 1.14 bits per heavy atom. The standard InChI is InChI=1S/C21H31ClFN5O/c1-2-24-21(25-9-8-17-18(22)6-5-7-19(17)23)28-14-12-26(13-15-28)16-20(29)27-10-3-4-11-27/h5-7H,2-4,8-16H2,1H3,(H,24,25). The van der Waals surface area contributed by atoms with E-state index in [1.165, 1.54) is 6.07 Å². The molecule has 0 saturated carbocycles. The molecular weight excluding hydrogens is 393 g/mol. The molecule has 29 heavy (non-hydrogen) atoms. The molecule has 0 radical (unpaired) electrons. The second-order valence-corrected chi connectivity index (χ2v) is 7.94. The van der Waals surface area contributed by atoms with E-state index in [4.69, 9.17) is 11.6 Å². The number of aliphatic imine (C=N–C) groups is 1. The van der Waals surface area contributed by atoms with Crippen molar-refractivity contribution >= 4 is 23.5 Å². The zero-order valence-corrected chi connectivity index (χ0v) is 17.9. The molecular formula is C21H31ClFN5O. The number of nitrogens with zero attached hydrogens (tertiary/aromatic N) is 4. The lowest BCUT2D eigenvalue weighted by Crippen LogP contribution is -2.54. The number of likely N-dealkylation sites (tertiary alicyclic amines) is 1. The van der Waals surface area contributed by atoms with Gasteiger partial charge in [-0.15, -0.1) is 0 Å². The molecule has 3 rings (SSSR count). The molecule has 6 nitrogen and oxygen atoms in total. The van der Waals surface area contributed by atoms with E-state index >= 15 is 0 Å². The Kier molecular flexibility index (Phi) is 8.12. The Balaban J connectivity index is 1.50. The first-order valence-electron chi connectivity index (χ1n) is 10.5. The smallest absolute Gasteiger partial charge is 0.236 e. The highest BCUT2D eigenvalue weighted by Crippen LogP contribution is 2.19. The number of piperazine rings is 1. The number of halogens is 2. The predicted octanol–water partition coefficient (Wildman–Crippen LogP) is 2.23. The fraction of sp³-hybridized carbons (Fsp3) is 0.619. The highest BCUT2D eigenvalue weighted by molar-refractivity contribution is 6.31. The average Bonchev–Trinajstić information content (AvgIpc) is 3.25. The summed E-state index contributed by atoms with van der Waals surface area (Å²) in [7, 11) is 0. The van der Waals surface area contributed by atoms with Crippen LogP contribution in [-0.2, 0) is 11.2 Å². The number of benzene rings is 1. The number of amides is 1. The van der Waals surface area contributed by atoms with Crippen molar-refractivity contribution < 1.29 is 9.18 Å². The van der Waals surface area contributed by atoms with Gasteiger partial charge in [-0.3, -0.25) is 14.7 Å². The molecule has 0 spiro atoms. The SMILES string of the molecule is CCNC(=NCCc1c(F)cccc1Cl)N1CCN(CC(=O)N2CCCC2)CC1. The van der Waals surface area contributed by atoms with Crippen molar-refractivity contribution in [3.05, 3.63) is 34.6 Å². The van der Waals surface area contributed by atoms with E-state index in [-0.39, 0.29) is 11.7 Å². The average molecular weight is 424 g/mol. The zero-order chi connectivity index (χ0) is 20.6. The fourth-order valence-corrected chi connectivity index (χ4v) is 4.10.